The standard InChI is InChI=1S/C19H31N/c1-3-5-6-7-12-19(20-4-2)18-14-13-16-10-8-9-11-17(16)15-18/h8-11,18-20H,3-7,12-15H2,1-2H3. The van der Waals surface area contributed by atoms with Crippen molar-refractivity contribution in [3.8, 4) is 0 Å². The predicted octanol–water partition coefficient (Wildman–Crippen LogP) is 4.74. The molecular formula is C19H31N. The van der Waals surface area contributed by atoms with E-state index >= 15 is 0 Å². The molecule has 1 aliphatic carbocycles. The Hall–Kier alpha value is -0.820. The van der Waals surface area contributed by atoms with Gasteiger partial charge in [0.25, 0.3) is 0 Å². The highest BCUT2D eigenvalue weighted by Crippen LogP contribution is 2.29. The van der Waals surface area contributed by atoms with Gasteiger partial charge in [-0.2, -0.15) is 0 Å². The first-order valence-corrected chi connectivity index (χ1v) is 8.65. The van der Waals surface area contributed by atoms with Gasteiger partial charge in [0, 0.05) is 6.04 Å². The second kappa shape index (κ2) is 8.46. The van der Waals surface area contributed by atoms with Gasteiger partial charge in [-0.25, -0.2) is 0 Å². The summed E-state index contributed by atoms with van der Waals surface area (Å²) in [5.74, 6) is 0.839. The molecule has 0 bridgehead atoms. The quantitative estimate of drug-likeness (QED) is 0.675. The van der Waals surface area contributed by atoms with Crippen molar-refractivity contribution in [3.63, 3.8) is 0 Å². The number of benzene rings is 1. The molecule has 0 saturated heterocycles. The van der Waals surface area contributed by atoms with Gasteiger partial charge in [0.05, 0.1) is 0 Å². The summed E-state index contributed by atoms with van der Waals surface area (Å²) in [4.78, 5) is 0. The first-order chi connectivity index (χ1) is 9.85. The van der Waals surface area contributed by atoms with Crippen LogP contribution in [0.25, 0.3) is 0 Å². The van der Waals surface area contributed by atoms with Gasteiger partial charge in [-0.3, -0.25) is 0 Å². The second-order valence-corrected chi connectivity index (χ2v) is 6.29. The molecule has 0 aromatic heterocycles. The lowest BCUT2D eigenvalue weighted by Gasteiger charge is -2.32. The topological polar surface area (TPSA) is 12.0 Å². The average molecular weight is 273 g/mol. The van der Waals surface area contributed by atoms with E-state index in [2.05, 4.69) is 43.4 Å². The molecule has 20 heavy (non-hydrogen) atoms. The van der Waals surface area contributed by atoms with Gasteiger partial charge < -0.3 is 5.32 Å². The molecule has 1 nitrogen and oxygen atoms in total. The van der Waals surface area contributed by atoms with E-state index in [9.17, 15) is 0 Å². The molecule has 1 heteroatoms. The number of unbranched alkanes of at least 4 members (excludes halogenated alkanes) is 3. The maximum atomic E-state index is 3.76. The third-order valence-corrected chi connectivity index (χ3v) is 4.79. The molecule has 2 unspecified atom stereocenters. The molecule has 0 saturated carbocycles. The summed E-state index contributed by atoms with van der Waals surface area (Å²) in [5.41, 5.74) is 3.19. The smallest absolute Gasteiger partial charge is 0.00985 e. The molecule has 0 amide bonds. The number of hydrogen-bond acceptors (Lipinski definition) is 1. The maximum absolute atomic E-state index is 3.76. The number of hydrogen-bond donors (Lipinski definition) is 1. The summed E-state index contributed by atoms with van der Waals surface area (Å²) in [6.45, 7) is 5.65. The van der Waals surface area contributed by atoms with Crippen molar-refractivity contribution in [1.29, 1.82) is 0 Å². The van der Waals surface area contributed by atoms with Crippen LogP contribution in [0, 0.1) is 5.92 Å². The summed E-state index contributed by atoms with van der Waals surface area (Å²) in [7, 11) is 0. The third-order valence-electron chi connectivity index (χ3n) is 4.79. The van der Waals surface area contributed by atoms with Crippen LogP contribution < -0.4 is 5.32 Å². The Morgan fingerprint density at radius 1 is 1.10 bits per heavy atom. The van der Waals surface area contributed by atoms with E-state index in [0.717, 1.165) is 18.5 Å². The van der Waals surface area contributed by atoms with Crippen LogP contribution in [-0.2, 0) is 12.8 Å². The lowest BCUT2D eigenvalue weighted by molar-refractivity contribution is 0.302. The van der Waals surface area contributed by atoms with Gasteiger partial charge in [-0.1, -0.05) is 63.8 Å². The van der Waals surface area contributed by atoms with Crippen LogP contribution in [0.3, 0.4) is 0 Å². The van der Waals surface area contributed by atoms with Crippen molar-refractivity contribution in [1.82, 2.24) is 5.32 Å². The van der Waals surface area contributed by atoms with Crippen molar-refractivity contribution in [3.05, 3.63) is 35.4 Å². The first-order valence-electron chi connectivity index (χ1n) is 8.65. The molecule has 0 radical (unpaired) electrons. The van der Waals surface area contributed by atoms with Crippen LogP contribution in [0.5, 0.6) is 0 Å². The van der Waals surface area contributed by atoms with Crippen molar-refractivity contribution < 1.29 is 0 Å². The van der Waals surface area contributed by atoms with E-state index in [1.165, 1.54) is 51.4 Å². The minimum atomic E-state index is 0.727. The fourth-order valence-electron chi connectivity index (χ4n) is 3.63. The number of rotatable bonds is 8. The normalized spacial score (nSPS) is 19.6. The zero-order valence-corrected chi connectivity index (χ0v) is 13.3. The summed E-state index contributed by atoms with van der Waals surface area (Å²) in [6, 6.07) is 9.76. The van der Waals surface area contributed by atoms with Crippen LogP contribution in [0.15, 0.2) is 24.3 Å². The van der Waals surface area contributed by atoms with Crippen LogP contribution in [0.1, 0.15) is 63.5 Å². The molecule has 1 aromatic rings. The second-order valence-electron chi connectivity index (χ2n) is 6.29. The van der Waals surface area contributed by atoms with Gasteiger partial charge >= 0.3 is 0 Å². The van der Waals surface area contributed by atoms with Gasteiger partial charge in [-0.05, 0) is 49.3 Å². The molecule has 1 aliphatic rings. The molecule has 1 aromatic carbocycles. The van der Waals surface area contributed by atoms with E-state index in [0.29, 0.717) is 0 Å². The Bertz CT molecular complexity index is 385. The molecule has 0 aliphatic heterocycles. The highest BCUT2D eigenvalue weighted by molar-refractivity contribution is 5.30. The van der Waals surface area contributed by atoms with E-state index in [1.54, 1.807) is 11.1 Å². The van der Waals surface area contributed by atoms with Crippen molar-refractivity contribution in [2.24, 2.45) is 5.92 Å². The average Bonchev–Trinajstić information content (AvgIpc) is 2.50. The molecule has 1 N–H and O–H groups in total. The highest BCUT2D eigenvalue weighted by atomic mass is 14.9. The molecule has 0 spiro atoms. The zero-order chi connectivity index (χ0) is 14.2. The first kappa shape index (κ1) is 15.6. The van der Waals surface area contributed by atoms with Gasteiger partial charge in [0.15, 0.2) is 0 Å². The minimum absolute atomic E-state index is 0.727. The lowest BCUT2D eigenvalue weighted by atomic mass is 9.78. The summed E-state index contributed by atoms with van der Waals surface area (Å²) >= 11 is 0. The van der Waals surface area contributed by atoms with Crippen LogP contribution in [0.2, 0.25) is 0 Å². The van der Waals surface area contributed by atoms with Crippen molar-refractivity contribution in [2.45, 2.75) is 71.3 Å². The van der Waals surface area contributed by atoms with Crippen molar-refractivity contribution in [2.75, 3.05) is 6.54 Å². The van der Waals surface area contributed by atoms with Crippen molar-refractivity contribution >= 4 is 0 Å². The molecule has 0 fully saturated rings. The monoisotopic (exact) mass is 273 g/mol. The Kier molecular flexibility index (Phi) is 6.59. The van der Waals surface area contributed by atoms with E-state index in [4.69, 9.17) is 0 Å². The number of nitrogens with one attached hydrogen (secondary N) is 1. The largest absolute Gasteiger partial charge is 0.314 e. The van der Waals surface area contributed by atoms with Gasteiger partial charge in [-0.15, -0.1) is 0 Å². The highest BCUT2D eigenvalue weighted by Gasteiger charge is 2.25. The fraction of sp³-hybridized carbons (Fsp3) is 0.684. The Balaban J connectivity index is 1.90. The fourth-order valence-corrected chi connectivity index (χ4v) is 3.63. The summed E-state index contributed by atoms with van der Waals surface area (Å²) in [6.07, 6.45) is 10.8. The SMILES string of the molecule is CCCCCCC(NCC)C1CCc2ccccc2C1. The molecule has 2 atom stereocenters. The van der Waals surface area contributed by atoms with E-state index in [1.807, 2.05) is 0 Å². The summed E-state index contributed by atoms with van der Waals surface area (Å²) < 4.78 is 0. The molecular weight excluding hydrogens is 242 g/mol. The Morgan fingerprint density at radius 2 is 1.90 bits per heavy atom. The minimum Gasteiger partial charge on any atom is -0.314 e. The number of aryl methyl sites for hydroxylation is 1. The van der Waals surface area contributed by atoms with Gasteiger partial charge in [0.1, 0.15) is 0 Å². The van der Waals surface area contributed by atoms with E-state index < -0.39 is 0 Å². The maximum Gasteiger partial charge on any atom is 0.00985 e. The zero-order valence-electron chi connectivity index (χ0n) is 13.3. The van der Waals surface area contributed by atoms with Crippen LogP contribution >= 0.6 is 0 Å². The molecule has 112 valence electrons. The Labute approximate surface area is 125 Å². The summed E-state index contributed by atoms with van der Waals surface area (Å²) in [5, 5.41) is 3.76. The van der Waals surface area contributed by atoms with Gasteiger partial charge in [0.2, 0.25) is 0 Å². The Morgan fingerprint density at radius 3 is 2.65 bits per heavy atom. The molecule has 2 rings (SSSR count). The predicted molar refractivity (Wildman–Crippen MR) is 88.2 cm³/mol. The molecule has 0 heterocycles. The lowest BCUT2D eigenvalue weighted by Crippen LogP contribution is -2.38. The van der Waals surface area contributed by atoms with E-state index in [-0.39, 0.29) is 0 Å². The third kappa shape index (κ3) is 4.34. The van der Waals surface area contributed by atoms with Crippen LogP contribution in [0.4, 0.5) is 0 Å². The number of fused-ring (bicyclic) bond motifs is 1. The van der Waals surface area contributed by atoms with Crippen LogP contribution in [-0.4, -0.2) is 12.6 Å².